The number of nitrogens with zero attached hydrogens (tertiary/aromatic N) is 3. The van der Waals surface area contributed by atoms with Gasteiger partial charge >= 0.3 is 6.01 Å². The summed E-state index contributed by atoms with van der Waals surface area (Å²) in [6, 6.07) is 10.2. The van der Waals surface area contributed by atoms with E-state index in [2.05, 4.69) is 25.5 Å². The molecule has 10 heteroatoms. The topological polar surface area (TPSA) is 105 Å². The summed E-state index contributed by atoms with van der Waals surface area (Å²) in [6.07, 6.45) is -0.662. The lowest BCUT2D eigenvalue weighted by Gasteiger charge is -2.12. The summed E-state index contributed by atoms with van der Waals surface area (Å²) in [4.78, 5) is 8.64. The molecular formula is C22H21F2N5O3. The molecule has 0 spiro atoms. The molecule has 166 valence electrons. The van der Waals surface area contributed by atoms with Gasteiger partial charge in [-0.05, 0) is 38.1 Å². The summed E-state index contributed by atoms with van der Waals surface area (Å²) < 4.78 is 38.4. The fourth-order valence-electron chi connectivity index (χ4n) is 3.12. The largest absolute Gasteiger partial charge is 0.493 e. The average molecular weight is 441 g/mol. The highest BCUT2D eigenvalue weighted by Crippen LogP contribution is 2.37. The van der Waals surface area contributed by atoms with Crippen LogP contribution in [0.3, 0.4) is 0 Å². The number of anilines is 1. The molecule has 1 atom stereocenters. The highest BCUT2D eigenvalue weighted by molar-refractivity contribution is 6.00. The Morgan fingerprint density at radius 2 is 1.94 bits per heavy atom. The number of fused-ring (bicyclic) bond motifs is 1. The first kappa shape index (κ1) is 21.4. The van der Waals surface area contributed by atoms with Crippen molar-refractivity contribution >= 4 is 16.9 Å². The Morgan fingerprint density at radius 3 is 2.69 bits per heavy atom. The molecule has 4 rings (SSSR count). The van der Waals surface area contributed by atoms with Crippen molar-refractivity contribution in [3.63, 3.8) is 0 Å². The van der Waals surface area contributed by atoms with Gasteiger partial charge in [0.05, 0.1) is 18.1 Å². The van der Waals surface area contributed by atoms with Crippen LogP contribution in [0.4, 0.5) is 14.6 Å². The molecule has 0 saturated carbocycles. The molecule has 4 aromatic rings. The van der Waals surface area contributed by atoms with Crippen LogP contribution in [0, 0.1) is 11.6 Å². The van der Waals surface area contributed by atoms with Gasteiger partial charge in [-0.25, -0.2) is 8.78 Å². The minimum Gasteiger partial charge on any atom is -0.493 e. The van der Waals surface area contributed by atoms with Crippen LogP contribution in [-0.4, -0.2) is 44.5 Å². The van der Waals surface area contributed by atoms with Crippen LogP contribution in [0.25, 0.3) is 22.3 Å². The molecule has 0 radical (unpaired) electrons. The molecule has 0 amide bonds. The van der Waals surface area contributed by atoms with Gasteiger partial charge in [0.1, 0.15) is 23.1 Å². The lowest BCUT2D eigenvalue weighted by molar-refractivity contribution is 0.208. The summed E-state index contributed by atoms with van der Waals surface area (Å²) in [6.45, 7) is 4.17. The van der Waals surface area contributed by atoms with Gasteiger partial charge in [-0.1, -0.05) is 12.1 Å². The molecule has 3 N–H and O–H groups in total. The lowest BCUT2D eigenvalue weighted by atomic mass is 10.1. The predicted molar refractivity (Wildman–Crippen MR) is 115 cm³/mol. The summed E-state index contributed by atoms with van der Waals surface area (Å²) in [5.41, 5.74) is 1.59. The number of H-pyrrole nitrogens is 1. The van der Waals surface area contributed by atoms with E-state index in [1.165, 1.54) is 0 Å². The monoisotopic (exact) mass is 441 g/mol. The number of ether oxygens (including phenoxy) is 2. The van der Waals surface area contributed by atoms with E-state index in [4.69, 9.17) is 9.47 Å². The molecule has 0 aliphatic rings. The predicted octanol–water partition coefficient (Wildman–Crippen LogP) is 4.28. The second kappa shape index (κ2) is 9.15. The van der Waals surface area contributed by atoms with Gasteiger partial charge in [-0.2, -0.15) is 15.1 Å². The zero-order valence-electron chi connectivity index (χ0n) is 17.4. The summed E-state index contributed by atoms with van der Waals surface area (Å²) >= 11 is 0. The Bertz CT molecular complexity index is 1250. The van der Waals surface area contributed by atoms with Crippen molar-refractivity contribution in [2.24, 2.45) is 0 Å². The Labute approximate surface area is 182 Å². The van der Waals surface area contributed by atoms with Gasteiger partial charge in [0.2, 0.25) is 0 Å². The molecule has 2 aromatic carbocycles. The molecular weight excluding hydrogens is 420 g/mol. The second-order valence-corrected chi connectivity index (χ2v) is 6.99. The summed E-state index contributed by atoms with van der Waals surface area (Å²) in [5.74, 6) is -0.879. The molecule has 0 saturated heterocycles. The number of nitrogens with one attached hydrogen (secondary N) is 2. The lowest BCUT2D eigenvalue weighted by Crippen LogP contribution is -2.16. The molecule has 0 aliphatic heterocycles. The maximum Gasteiger partial charge on any atom is 0.326 e. The molecule has 0 aliphatic carbocycles. The Morgan fingerprint density at radius 1 is 1.12 bits per heavy atom. The number of rotatable bonds is 8. The van der Waals surface area contributed by atoms with E-state index in [0.717, 1.165) is 17.7 Å². The number of aliphatic hydroxyl groups excluding tert-OH is 1. The van der Waals surface area contributed by atoms with Crippen LogP contribution in [0.2, 0.25) is 0 Å². The van der Waals surface area contributed by atoms with E-state index >= 15 is 0 Å². The molecule has 8 nitrogen and oxygen atoms in total. The zero-order chi connectivity index (χ0) is 22.7. The first-order valence-corrected chi connectivity index (χ1v) is 9.99. The van der Waals surface area contributed by atoms with Gasteiger partial charge in [0.15, 0.2) is 17.2 Å². The Balaban J connectivity index is 1.82. The van der Waals surface area contributed by atoms with E-state index in [9.17, 15) is 13.9 Å². The highest BCUT2D eigenvalue weighted by Gasteiger charge is 2.20. The van der Waals surface area contributed by atoms with E-state index in [0.29, 0.717) is 41.0 Å². The van der Waals surface area contributed by atoms with Crippen LogP contribution in [0.5, 0.6) is 17.5 Å². The first-order chi connectivity index (χ1) is 15.5. The fraction of sp³-hybridized carbons (Fsp3) is 0.227. The zero-order valence-corrected chi connectivity index (χ0v) is 17.4. The Kier molecular flexibility index (Phi) is 6.13. The SMILES string of the molecule is CCOc1ccccc1-c1n[nH]c2nc(Oc3ccc(F)cc3F)nc(NC[C@H](C)O)c12. The molecule has 2 aromatic heterocycles. The number of para-hydroxylation sites is 1. The number of hydrogen-bond donors (Lipinski definition) is 3. The van der Waals surface area contributed by atoms with Crippen molar-refractivity contribution in [3.05, 3.63) is 54.1 Å². The van der Waals surface area contributed by atoms with Gasteiger partial charge < -0.3 is 19.9 Å². The van der Waals surface area contributed by atoms with Gasteiger partial charge in [0.25, 0.3) is 0 Å². The third kappa shape index (κ3) is 4.45. The maximum absolute atomic E-state index is 14.0. The van der Waals surface area contributed by atoms with E-state index in [-0.39, 0.29) is 18.3 Å². The van der Waals surface area contributed by atoms with Crippen molar-refractivity contribution in [2.45, 2.75) is 20.0 Å². The van der Waals surface area contributed by atoms with Gasteiger partial charge in [-0.3, -0.25) is 5.10 Å². The van der Waals surface area contributed by atoms with Crippen molar-refractivity contribution in [1.29, 1.82) is 0 Å². The van der Waals surface area contributed by atoms with Crippen molar-refractivity contribution in [3.8, 4) is 28.8 Å². The second-order valence-electron chi connectivity index (χ2n) is 6.99. The number of aromatic amines is 1. The normalized spacial score (nSPS) is 12.0. The van der Waals surface area contributed by atoms with Crippen LogP contribution >= 0.6 is 0 Å². The standard InChI is InChI=1S/C22H21F2N5O3/c1-3-31-16-7-5-4-6-14(16)19-18-20(25-11-12(2)30)26-22(27-21(18)29-28-19)32-17-9-8-13(23)10-15(17)24/h4-10,12,30H,3,11H2,1-2H3,(H2,25,26,27,28,29)/t12-/m0/s1. The number of benzene rings is 2. The van der Waals surface area contributed by atoms with Crippen molar-refractivity contribution in [2.75, 3.05) is 18.5 Å². The van der Waals surface area contributed by atoms with E-state index in [1.807, 2.05) is 31.2 Å². The van der Waals surface area contributed by atoms with Crippen LogP contribution < -0.4 is 14.8 Å². The molecule has 32 heavy (non-hydrogen) atoms. The van der Waals surface area contributed by atoms with Crippen LogP contribution in [-0.2, 0) is 0 Å². The minimum atomic E-state index is -0.886. The average Bonchev–Trinajstić information content (AvgIpc) is 3.18. The quantitative estimate of drug-likeness (QED) is 0.375. The fourth-order valence-corrected chi connectivity index (χ4v) is 3.12. The minimum absolute atomic E-state index is 0.176. The molecule has 0 bridgehead atoms. The summed E-state index contributed by atoms with van der Waals surface area (Å²) in [5, 5.41) is 20.6. The summed E-state index contributed by atoms with van der Waals surface area (Å²) in [7, 11) is 0. The smallest absolute Gasteiger partial charge is 0.326 e. The molecule has 0 unspecified atom stereocenters. The van der Waals surface area contributed by atoms with Crippen LogP contribution in [0.1, 0.15) is 13.8 Å². The number of halogens is 2. The van der Waals surface area contributed by atoms with Crippen molar-refractivity contribution in [1.82, 2.24) is 20.2 Å². The van der Waals surface area contributed by atoms with E-state index < -0.39 is 17.7 Å². The molecule has 2 heterocycles. The maximum atomic E-state index is 14.0. The number of aromatic nitrogens is 4. The first-order valence-electron chi connectivity index (χ1n) is 9.99. The third-order valence-electron chi connectivity index (χ3n) is 4.50. The number of aliphatic hydroxyl groups is 1. The highest BCUT2D eigenvalue weighted by atomic mass is 19.1. The van der Waals surface area contributed by atoms with Gasteiger partial charge in [0, 0.05) is 18.2 Å². The third-order valence-corrected chi connectivity index (χ3v) is 4.50. The molecule has 0 fully saturated rings. The van der Waals surface area contributed by atoms with Crippen molar-refractivity contribution < 1.29 is 23.4 Å². The van der Waals surface area contributed by atoms with Crippen LogP contribution in [0.15, 0.2) is 42.5 Å². The van der Waals surface area contributed by atoms with Gasteiger partial charge in [-0.15, -0.1) is 0 Å². The number of hydrogen-bond acceptors (Lipinski definition) is 7. The van der Waals surface area contributed by atoms with E-state index in [1.54, 1.807) is 6.92 Å². The Hall–Kier alpha value is -3.79.